The van der Waals surface area contributed by atoms with Gasteiger partial charge in [-0.15, -0.1) is 0 Å². The van der Waals surface area contributed by atoms with E-state index < -0.39 is 0 Å². The van der Waals surface area contributed by atoms with E-state index in [4.69, 9.17) is 0 Å². The van der Waals surface area contributed by atoms with Crippen LogP contribution in [0.1, 0.15) is 23.2 Å². The lowest BCUT2D eigenvalue weighted by Gasteiger charge is -2.50. The Morgan fingerprint density at radius 3 is 2.53 bits per heavy atom. The molecule has 102 valence electrons. The molecule has 0 radical (unpaired) electrons. The summed E-state index contributed by atoms with van der Waals surface area (Å²) in [5.74, 6) is 0.184. The molecule has 3 rings (SSSR count). The molecule has 0 bridgehead atoms. The summed E-state index contributed by atoms with van der Waals surface area (Å²) in [6.07, 6.45) is 2.08. The number of carbonyl (C=O) groups is 1. The van der Waals surface area contributed by atoms with Crippen LogP contribution in [0.4, 0.5) is 0 Å². The number of rotatable bonds is 1. The van der Waals surface area contributed by atoms with E-state index >= 15 is 0 Å². The van der Waals surface area contributed by atoms with Gasteiger partial charge in [-0.05, 0) is 38.1 Å². The first-order valence-corrected chi connectivity index (χ1v) is 7.10. The third-order valence-electron chi connectivity index (χ3n) is 4.34. The van der Waals surface area contributed by atoms with Gasteiger partial charge in [-0.3, -0.25) is 4.79 Å². The first kappa shape index (κ1) is 12.6. The van der Waals surface area contributed by atoms with E-state index in [2.05, 4.69) is 15.5 Å². The maximum atomic E-state index is 12.8. The standard InChI is InChI=1S/C15H21N3O/c19-14(13-4-2-1-3-5-13)18-11-10-17-12-15(18)6-8-16-9-7-15/h1-5,16-17H,6-12H2. The number of carbonyl (C=O) groups excluding carboxylic acids is 1. The van der Waals surface area contributed by atoms with E-state index in [0.29, 0.717) is 0 Å². The molecule has 2 aliphatic heterocycles. The molecular formula is C15H21N3O. The first-order chi connectivity index (χ1) is 9.32. The minimum absolute atomic E-state index is 0.0103. The van der Waals surface area contributed by atoms with Gasteiger partial charge in [-0.1, -0.05) is 18.2 Å². The topological polar surface area (TPSA) is 44.4 Å². The van der Waals surface area contributed by atoms with E-state index in [-0.39, 0.29) is 11.4 Å². The van der Waals surface area contributed by atoms with Gasteiger partial charge >= 0.3 is 0 Å². The first-order valence-electron chi connectivity index (χ1n) is 7.10. The molecule has 2 N–H and O–H groups in total. The van der Waals surface area contributed by atoms with E-state index in [1.54, 1.807) is 0 Å². The fourth-order valence-corrected chi connectivity index (χ4v) is 3.24. The van der Waals surface area contributed by atoms with Crippen molar-refractivity contribution in [1.82, 2.24) is 15.5 Å². The molecule has 19 heavy (non-hydrogen) atoms. The van der Waals surface area contributed by atoms with Crippen LogP contribution in [-0.2, 0) is 0 Å². The molecule has 2 fully saturated rings. The van der Waals surface area contributed by atoms with Crippen molar-refractivity contribution in [3.05, 3.63) is 35.9 Å². The molecule has 0 aliphatic carbocycles. The van der Waals surface area contributed by atoms with Crippen LogP contribution in [-0.4, -0.2) is 49.1 Å². The monoisotopic (exact) mass is 259 g/mol. The summed E-state index contributed by atoms with van der Waals surface area (Å²) in [6, 6.07) is 9.65. The molecule has 1 aromatic carbocycles. The fourth-order valence-electron chi connectivity index (χ4n) is 3.24. The second kappa shape index (κ2) is 5.31. The van der Waals surface area contributed by atoms with Crippen molar-refractivity contribution in [2.24, 2.45) is 0 Å². The highest BCUT2D eigenvalue weighted by molar-refractivity contribution is 5.94. The van der Waals surface area contributed by atoms with E-state index in [1.807, 2.05) is 30.3 Å². The number of piperidine rings is 1. The minimum Gasteiger partial charge on any atom is -0.330 e. The molecule has 1 amide bonds. The van der Waals surface area contributed by atoms with E-state index in [0.717, 1.165) is 51.1 Å². The maximum Gasteiger partial charge on any atom is 0.254 e. The molecule has 4 heteroatoms. The van der Waals surface area contributed by atoms with Crippen LogP contribution in [0, 0.1) is 0 Å². The van der Waals surface area contributed by atoms with Crippen molar-refractivity contribution in [3.8, 4) is 0 Å². The zero-order valence-corrected chi connectivity index (χ0v) is 11.2. The molecule has 2 heterocycles. The fraction of sp³-hybridized carbons (Fsp3) is 0.533. The summed E-state index contributed by atoms with van der Waals surface area (Å²) >= 11 is 0. The maximum absolute atomic E-state index is 12.8. The predicted molar refractivity (Wildman–Crippen MR) is 75.2 cm³/mol. The third kappa shape index (κ3) is 2.38. The number of nitrogens with zero attached hydrogens (tertiary/aromatic N) is 1. The van der Waals surface area contributed by atoms with Gasteiger partial charge in [0.05, 0.1) is 5.54 Å². The van der Waals surface area contributed by atoms with Gasteiger partial charge in [0.1, 0.15) is 0 Å². The van der Waals surface area contributed by atoms with Crippen LogP contribution < -0.4 is 10.6 Å². The Morgan fingerprint density at radius 1 is 1.05 bits per heavy atom. The van der Waals surface area contributed by atoms with Gasteiger partial charge in [0.25, 0.3) is 5.91 Å². The molecule has 2 saturated heterocycles. The molecule has 1 spiro atoms. The second-order valence-electron chi connectivity index (χ2n) is 5.47. The van der Waals surface area contributed by atoms with Gasteiger partial charge in [0.15, 0.2) is 0 Å². The van der Waals surface area contributed by atoms with E-state index in [1.165, 1.54) is 0 Å². The highest BCUT2D eigenvalue weighted by Gasteiger charge is 2.42. The average Bonchev–Trinajstić information content (AvgIpc) is 2.49. The smallest absolute Gasteiger partial charge is 0.254 e. The summed E-state index contributed by atoms with van der Waals surface area (Å²) in [5, 5.41) is 6.85. The van der Waals surface area contributed by atoms with Gasteiger partial charge in [0, 0.05) is 25.2 Å². The second-order valence-corrected chi connectivity index (χ2v) is 5.47. The van der Waals surface area contributed by atoms with Gasteiger partial charge < -0.3 is 15.5 Å². The number of nitrogens with one attached hydrogen (secondary N) is 2. The molecular weight excluding hydrogens is 238 g/mol. The van der Waals surface area contributed by atoms with Crippen LogP contribution in [0.2, 0.25) is 0 Å². The van der Waals surface area contributed by atoms with Crippen molar-refractivity contribution in [3.63, 3.8) is 0 Å². The van der Waals surface area contributed by atoms with Crippen molar-refractivity contribution < 1.29 is 4.79 Å². The lowest BCUT2D eigenvalue weighted by molar-refractivity contribution is 0.0252. The molecule has 0 unspecified atom stereocenters. The molecule has 4 nitrogen and oxygen atoms in total. The average molecular weight is 259 g/mol. The summed E-state index contributed by atoms with van der Waals surface area (Å²) in [5.41, 5.74) is 0.818. The number of amides is 1. The van der Waals surface area contributed by atoms with Gasteiger partial charge in [-0.2, -0.15) is 0 Å². The largest absolute Gasteiger partial charge is 0.330 e. The lowest BCUT2D eigenvalue weighted by Crippen LogP contribution is -2.66. The van der Waals surface area contributed by atoms with Crippen molar-refractivity contribution >= 4 is 5.91 Å². The van der Waals surface area contributed by atoms with Crippen molar-refractivity contribution in [1.29, 1.82) is 0 Å². The number of hydrogen-bond donors (Lipinski definition) is 2. The highest BCUT2D eigenvalue weighted by atomic mass is 16.2. The summed E-state index contributed by atoms with van der Waals surface area (Å²) in [7, 11) is 0. The minimum atomic E-state index is 0.0103. The molecule has 2 aliphatic rings. The SMILES string of the molecule is O=C(c1ccccc1)N1CCNCC12CCNCC2. The Balaban J connectivity index is 1.86. The summed E-state index contributed by atoms with van der Waals surface area (Å²) < 4.78 is 0. The number of benzene rings is 1. The number of hydrogen-bond acceptors (Lipinski definition) is 3. The molecule has 0 saturated carbocycles. The van der Waals surface area contributed by atoms with Crippen LogP contribution in [0.5, 0.6) is 0 Å². The Morgan fingerprint density at radius 2 is 1.79 bits per heavy atom. The Bertz CT molecular complexity index is 432. The van der Waals surface area contributed by atoms with Crippen LogP contribution >= 0.6 is 0 Å². The molecule has 0 atom stereocenters. The molecule has 1 aromatic rings. The van der Waals surface area contributed by atoms with Gasteiger partial charge in [-0.25, -0.2) is 0 Å². The van der Waals surface area contributed by atoms with Crippen LogP contribution in [0.25, 0.3) is 0 Å². The zero-order chi connectivity index (χ0) is 13.1. The van der Waals surface area contributed by atoms with Crippen LogP contribution in [0.3, 0.4) is 0 Å². The van der Waals surface area contributed by atoms with Crippen molar-refractivity contribution in [2.45, 2.75) is 18.4 Å². The Labute approximate surface area is 114 Å². The zero-order valence-electron chi connectivity index (χ0n) is 11.2. The summed E-state index contributed by atoms with van der Waals surface area (Å²) in [4.78, 5) is 14.9. The quantitative estimate of drug-likeness (QED) is 0.786. The van der Waals surface area contributed by atoms with Gasteiger partial charge in [0.2, 0.25) is 0 Å². The normalized spacial score (nSPS) is 22.4. The highest BCUT2D eigenvalue weighted by Crippen LogP contribution is 2.29. The Kier molecular flexibility index (Phi) is 3.53. The number of piperazine rings is 1. The Hall–Kier alpha value is -1.39. The summed E-state index contributed by atoms with van der Waals surface area (Å²) in [6.45, 7) is 4.63. The van der Waals surface area contributed by atoms with Crippen LogP contribution in [0.15, 0.2) is 30.3 Å². The molecule has 0 aromatic heterocycles. The third-order valence-corrected chi connectivity index (χ3v) is 4.34. The van der Waals surface area contributed by atoms with Crippen molar-refractivity contribution in [2.75, 3.05) is 32.7 Å². The predicted octanol–water partition coefficient (Wildman–Crippen LogP) is 0.854. The lowest BCUT2D eigenvalue weighted by atomic mass is 9.84. The van der Waals surface area contributed by atoms with E-state index in [9.17, 15) is 4.79 Å².